The fraction of sp³-hybridized carbons (Fsp3) is 0.273. The third kappa shape index (κ3) is 1.53. The molecule has 3 heterocycles. The largest absolute Gasteiger partial charge is 0.332 e. The summed E-state index contributed by atoms with van der Waals surface area (Å²) < 4.78 is 2.10. The van der Waals surface area contributed by atoms with Crippen LogP contribution in [0, 0.1) is 0 Å². The first-order chi connectivity index (χ1) is 7.84. The summed E-state index contributed by atoms with van der Waals surface area (Å²) in [6.07, 6.45) is 3.75. The van der Waals surface area contributed by atoms with Crippen molar-refractivity contribution in [3.8, 4) is 0 Å². The molecule has 0 aliphatic carbocycles. The molecule has 0 saturated carbocycles. The number of hydrogen-bond donors (Lipinski definition) is 0. The number of fused-ring (bicyclic) bond motifs is 1. The van der Waals surface area contributed by atoms with Crippen LogP contribution in [0.25, 0.3) is 0 Å². The third-order valence-corrected chi connectivity index (χ3v) is 3.62. The van der Waals surface area contributed by atoms with Crippen LogP contribution in [0.1, 0.15) is 15.5 Å². The average molecular weight is 233 g/mol. The van der Waals surface area contributed by atoms with Crippen molar-refractivity contribution in [2.45, 2.75) is 13.1 Å². The first-order valence-corrected chi connectivity index (χ1v) is 6.05. The van der Waals surface area contributed by atoms with Crippen molar-refractivity contribution in [2.24, 2.45) is 0 Å². The van der Waals surface area contributed by atoms with Gasteiger partial charge in [-0.1, -0.05) is 6.07 Å². The first-order valence-electron chi connectivity index (χ1n) is 5.17. The number of nitrogens with zero attached hydrogens (tertiary/aromatic N) is 3. The Morgan fingerprint density at radius 3 is 3.19 bits per heavy atom. The third-order valence-electron chi connectivity index (χ3n) is 2.76. The van der Waals surface area contributed by atoms with Crippen LogP contribution < -0.4 is 0 Å². The summed E-state index contributed by atoms with van der Waals surface area (Å²) in [5.74, 6) is 1.08. The van der Waals surface area contributed by atoms with Gasteiger partial charge in [-0.05, 0) is 11.4 Å². The highest BCUT2D eigenvalue weighted by Gasteiger charge is 2.22. The molecule has 0 spiro atoms. The normalized spacial score (nSPS) is 14.9. The zero-order valence-electron chi connectivity index (χ0n) is 8.67. The Labute approximate surface area is 97.1 Å². The van der Waals surface area contributed by atoms with Crippen molar-refractivity contribution >= 4 is 17.2 Å². The number of hydrogen-bond acceptors (Lipinski definition) is 3. The fourth-order valence-electron chi connectivity index (χ4n) is 1.90. The van der Waals surface area contributed by atoms with Gasteiger partial charge in [-0.15, -0.1) is 11.3 Å². The maximum absolute atomic E-state index is 12.1. The Balaban J connectivity index is 1.81. The number of rotatable bonds is 1. The van der Waals surface area contributed by atoms with Gasteiger partial charge in [0, 0.05) is 25.5 Å². The van der Waals surface area contributed by atoms with Crippen molar-refractivity contribution in [3.63, 3.8) is 0 Å². The molecule has 1 aliphatic rings. The van der Waals surface area contributed by atoms with Crippen LogP contribution in [0.15, 0.2) is 29.9 Å². The number of amides is 1. The van der Waals surface area contributed by atoms with Crippen molar-refractivity contribution in [2.75, 3.05) is 6.54 Å². The Morgan fingerprint density at radius 1 is 1.44 bits per heavy atom. The second-order valence-corrected chi connectivity index (χ2v) is 4.69. The lowest BCUT2D eigenvalue weighted by Gasteiger charge is -2.27. The van der Waals surface area contributed by atoms with E-state index < -0.39 is 0 Å². The molecule has 0 unspecified atom stereocenters. The highest BCUT2D eigenvalue weighted by molar-refractivity contribution is 7.12. The number of carbonyl (C=O) groups is 1. The van der Waals surface area contributed by atoms with Gasteiger partial charge in [-0.25, -0.2) is 4.98 Å². The summed E-state index contributed by atoms with van der Waals surface area (Å²) in [5, 5.41) is 1.93. The van der Waals surface area contributed by atoms with E-state index >= 15 is 0 Å². The van der Waals surface area contributed by atoms with Gasteiger partial charge in [0.2, 0.25) is 0 Å². The summed E-state index contributed by atoms with van der Waals surface area (Å²) in [6.45, 7) is 2.22. The van der Waals surface area contributed by atoms with Crippen LogP contribution in [-0.2, 0) is 13.1 Å². The molecule has 0 atom stereocenters. The van der Waals surface area contributed by atoms with Gasteiger partial charge >= 0.3 is 0 Å². The van der Waals surface area contributed by atoms with Crippen LogP contribution in [-0.4, -0.2) is 26.9 Å². The Bertz CT molecular complexity index is 503. The summed E-state index contributed by atoms with van der Waals surface area (Å²) in [5.41, 5.74) is 0. The maximum atomic E-state index is 12.1. The smallest absolute Gasteiger partial charge is 0.264 e. The molecule has 1 aliphatic heterocycles. The molecule has 2 aromatic rings. The monoisotopic (exact) mass is 233 g/mol. The molecule has 0 radical (unpaired) electrons. The van der Waals surface area contributed by atoms with E-state index in [9.17, 15) is 4.79 Å². The highest BCUT2D eigenvalue weighted by atomic mass is 32.1. The lowest BCUT2D eigenvalue weighted by molar-refractivity contribution is 0.0712. The van der Waals surface area contributed by atoms with Crippen molar-refractivity contribution in [3.05, 3.63) is 40.6 Å². The standard InChI is InChI=1S/C11H11N3OS/c15-11(9-2-1-7-16-9)14-6-5-13-4-3-12-10(13)8-14/h1-4,7H,5-6,8H2. The minimum Gasteiger partial charge on any atom is -0.332 e. The highest BCUT2D eigenvalue weighted by Crippen LogP contribution is 2.16. The molecule has 0 saturated heterocycles. The SMILES string of the molecule is O=C(c1cccs1)N1CCn2ccnc2C1. The molecule has 0 fully saturated rings. The lowest BCUT2D eigenvalue weighted by Crippen LogP contribution is -2.37. The van der Waals surface area contributed by atoms with Gasteiger partial charge in [-0.3, -0.25) is 4.79 Å². The van der Waals surface area contributed by atoms with E-state index in [1.165, 1.54) is 11.3 Å². The molecular formula is C11H11N3OS. The number of aromatic nitrogens is 2. The van der Waals surface area contributed by atoms with E-state index in [2.05, 4.69) is 9.55 Å². The summed E-state index contributed by atoms with van der Waals surface area (Å²) >= 11 is 1.49. The Kier molecular flexibility index (Phi) is 2.25. The van der Waals surface area contributed by atoms with Gasteiger partial charge in [0.1, 0.15) is 5.82 Å². The Hall–Kier alpha value is -1.62. The lowest BCUT2D eigenvalue weighted by atomic mass is 10.3. The van der Waals surface area contributed by atoms with Crippen LogP contribution >= 0.6 is 11.3 Å². The van der Waals surface area contributed by atoms with E-state index in [1.54, 1.807) is 6.20 Å². The van der Waals surface area contributed by atoms with Crippen LogP contribution in [0.4, 0.5) is 0 Å². The molecule has 2 aromatic heterocycles. The van der Waals surface area contributed by atoms with Gasteiger partial charge in [0.25, 0.3) is 5.91 Å². The molecule has 0 aromatic carbocycles. The van der Waals surface area contributed by atoms with Crippen LogP contribution in [0.2, 0.25) is 0 Å². The summed E-state index contributed by atoms with van der Waals surface area (Å²) in [7, 11) is 0. The first kappa shape index (κ1) is 9.59. The number of thiophene rings is 1. The predicted molar refractivity (Wildman–Crippen MR) is 61.3 cm³/mol. The van der Waals surface area contributed by atoms with Gasteiger partial charge in [-0.2, -0.15) is 0 Å². The van der Waals surface area contributed by atoms with Crippen molar-refractivity contribution in [1.29, 1.82) is 0 Å². The molecule has 3 rings (SSSR count). The second kappa shape index (κ2) is 3.75. The van der Waals surface area contributed by atoms with Gasteiger partial charge < -0.3 is 9.47 Å². The number of imidazole rings is 1. The van der Waals surface area contributed by atoms with Crippen molar-refractivity contribution in [1.82, 2.24) is 14.5 Å². The molecule has 5 heteroatoms. The average Bonchev–Trinajstić information content (AvgIpc) is 2.98. The number of carbonyl (C=O) groups excluding carboxylic acids is 1. The maximum Gasteiger partial charge on any atom is 0.264 e. The van der Waals surface area contributed by atoms with Gasteiger partial charge in [0.15, 0.2) is 0 Å². The van der Waals surface area contributed by atoms with E-state index in [4.69, 9.17) is 0 Å². The minimum absolute atomic E-state index is 0.115. The molecular weight excluding hydrogens is 222 g/mol. The summed E-state index contributed by atoms with van der Waals surface area (Å²) in [4.78, 5) is 19.0. The summed E-state index contributed by atoms with van der Waals surface area (Å²) in [6, 6.07) is 3.77. The Morgan fingerprint density at radius 2 is 2.38 bits per heavy atom. The zero-order chi connectivity index (χ0) is 11.0. The minimum atomic E-state index is 0.115. The van der Waals surface area contributed by atoms with E-state index in [1.807, 2.05) is 28.6 Å². The topological polar surface area (TPSA) is 38.1 Å². The van der Waals surface area contributed by atoms with Crippen molar-refractivity contribution < 1.29 is 4.79 Å². The molecule has 4 nitrogen and oxygen atoms in total. The van der Waals surface area contributed by atoms with E-state index in [-0.39, 0.29) is 5.91 Å². The predicted octanol–water partition coefficient (Wildman–Crippen LogP) is 1.60. The second-order valence-electron chi connectivity index (χ2n) is 3.74. The molecule has 0 bridgehead atoms. The quantitative estimate of drug-likeness (QED) is 0.750. The molecule has 16 heavy (non-hydrogen) atoms. The van der Waals surface area contributed by atoms with Crippen LogP contribution in [0.3, 0.4) is 0 Å². The molecule has 1 amide bonds. The van der Waals surface area contributed by atoms with Gasteiger partial charge in [0.05, 0.1) is 11.4 Å². The van der Waals surface area contributed by atoms with E-state index in [0.717, 1.165) is 23.8 Å². The fourth-order valence-corrected chi connectivity index (χ4v) is 2.59. The van der Waals surface area contributed by atoms with E-state index in [0.29, 0.717) is 6.54 Å². The molecule has 0 N–H and O–H groups in total. The molecule has 82 valence electrons. The van der Waals surface area contributed by atoms with Crippen LogP contribution in [0.5, 0.6) is 0 Å². The zero-order valence-corrected chi connectivity index (χ0v) is 9.48.